The van der Waals surface area contributed by atoms with Crippen LogP contribution >= 0.6 is 11.6 Å². The van der Waals surface area contributed by atoms with Gasteiger partial charge in [-0.2, -0.15) is 0 Å². The Kier molecular flexibility index (Phi) is 6.71. The van der Waals surface area contributed by atoms with Gasteiger partial charge in [0.1, 0.15) is 5.75 Å². The predicted octanol–water partition coefficient (Wildman–Crippen LogP) is 4.17. The van der Waals surface area contributed by atoms with Crippen LogP contribution in [-0.2, 0) is 11.8 Å². The molecule has 0 aliphatic carbocycles. The Balaban J connectivity index is 1.76. The van der Waals surface area contributed by atoms with Gasteiger partial charge < -0.3 is 15.4 Å². The lowest BCUT2D eigenvalue weighted by Gasteiger charge is -2.26. The van der Waals surface area contributed by atoms with Gasteiger partial charge in [-0.1, -0.05) is 49.7 Å². The smallest absolute Gasteiger partial charge is 0.314 e. The van der Waals surface area contributed by atoms with E-state index in [1.54, 1.807) is 7.11 Å². The van der Waals surface area contributed by atoms with Crippen molar-refractivity contribution < 1.29 is 9.53 Å². The molecule has 5 heteroatoms. The zero-order valence-corrected chi connectivity index (χ0v) is 15.7. The molecule has 2 aromatic carbocycles. The van der Waals surface area contributed by atoms with Gasteiger partial charge in [-0.05, 0) is 41.8 Å². The second-order valence-electron chi connectivity index (χ2n) is 6.60. The minimum atomic E-state index is -0.167. The minimum absolute atomic E-state index is 0.157. The summed E-state index contributed by atoms with van der Waals surface area (Å²) >= 11 is 5.86. The average Bonchev–Trinajstić information content (AvgIpc) is 2.62. The topological polar surface area (TPSA) is 50.4 Å². The largest absolute Gasteiger partial charge is 0.497 e. The number of amides is 2. The molecular formula is C20H25ClN2O2. The fourth-order valence-corrected chi connectivity index (χ4v) is 2.61. The summed E-state index contributed by atoms with van der Waals surface area (Å²) in [6.45, 7) is 5.33. The number of nitrogens with one attached hydrogen (secondary N) is 2. The summed E-state index contributed by atoms with van der Waals surface area (Å²) in [6.07, 6.45) is 0.770. The molecule has 2 aromatic rings. The van der Waals surface area contributed by atoms with Crippen LogP contribution in [0.1, 0.15) is 25.0 Å². The van der Waals surface area contributed by atoms with Gasteiger partial charge in [0.05, 0.1) is 7.11 Å². The van der Waals surface area contributed by atoms with Gasteiger partial charge in [-0.3, -0.25) is 0 Å². The summed E-state index contributed by atoms with van der Waals surface area (Å²) in [6, 6.07) is 15.4. The highest BCUT2D eigenvalue weighted by molar-refractivity contribution is 6.30. The molecule has 2 amide bonds. The quantitative estimate of drug-likeness (QED) is 0.778. The van der Waals surface area contributed by atoms with Gasteiger partial charge in [-0.25, -0.2) is 4.79 Å². The van der Waals surface area contributed by atoms with Crippen LogP contribution in [0.4, 0.5) is 4.79 Å². The molecule has 0 heterocycles. The van der Waals surface area contributed by atoms with E-state index in [4.69, 9.17) is 16.3 Å². The predicted molar refractivity (Wildman–Crippen MR) is 103 cm³/mol. The van der Waals surface area contributed by atoms with Crippen molar-refractivity contribution >= 4 is 17.6 Å². The van der Waals surface area contributed by atoms with Crippen molar-refractivity contribution in [3.05, 3.63) is 64.7 Å². The first-order chi connectivity index (χ1) is 11.9. The zero-order chi connectivity index (χ0) is 18.3. The van der Waals surface area contributed by atoms with Gasteiger partial charge in [0.15, 0.2) is 0 Å². The molecule has 0 aliphatic rings. The Morgan fingerprint density at radius 3 is 2.28 bits per heavy atom. The number of urea groups is 1. The van der Waals surface area contributed by atoms with E-state index in [9.17, 15) is 4.79 Å². The molecule has 0 fully saturated rings. The highest BCUT2D eigenvalue weighted by Crippen LogP contribution is 2.24. The molecule has 25 heavy (non-hydrogen) atoms. The maximum atomic E-state index is 12.0. The second-order valence-corrected chi connectivity index (χ2v) is 7.03. The number of ether oxygens (including phenoxy) is 1. The van der Waals surface area contributed by atoms with Crippen molar-refractivity contribution in [1.82, 2.24) is 10.6 Å². The lowest BCUT2D eigenvalue weighted by molar-refractivity contribution is 0.238. The lowest BCUT2D eigenvalue weighted by atomic mass is 9.84. The minimum Gasteiger partial charge on any atom is -0.497 e. The lowest BCUT2D eigenvalue weighted by Crippen LogP contribution is -2.42. The molecule has 0 bridgehead atoms. The Morgan fingerprint density at radius 1 is 1.04 bits per heavy atom. The Bertz CT molecular complexity index is 682. The molecule has 2 N–H and O–H groups in total. The van der Waals surface area contributed by atoms with Crippen LogP contribution in [0.25, 0.3) is 0 Å². The van der Waals surface area contributed by atoms with Crippen LogP contribution in [0.15, 0.2) is 48.5 Å². The fourth-order valence-electron chi connectivity index (χ4n) is 2.48. The van der Waals surface area contributed by atoms with Crippen molar-refractivity contribution in [1.29, 1.82) is 0 Å². The highest BCUT2D eigenvalue weighted by Gasteiger charge is 2.21. The maximum Gasteiger partial charge on any atom is 0.314 e. The molecule has 4 nitrogen and oxygen atoms in total. The fraction of sp³-hybridized carbons (Fsp3) is 0.350. The third-order valence-electron chi connectivity index (χ3n) is 4.17. The van der Waals surface area contributed by atoms with Gasteiger partial charge in [-0.15, -0.1) is 0 Å². The van der Waals surface area contributed by atoms with E-state index in [1.807, 2.05) is 48.5 Å². The normalized spacial score (nSPS) is 11.0. The molecule has 134 valence electrons. The highest BCUT2D eigenvalue weighted by atomic mass is 35.5. The summed E-state index contributed by atoms with van der Waals surface area (Å²) in [5, 5.41) is 6.55. The summed E-state index contributed by atoms with van der Waals surface area (Å²) in [5.41, 5.74) is 2.12. The van der Waals surface area contributed by atoms with Crippen LogP contribution in [0.5, 0.6) is 5.75 Å². The second kappa shape index (κ2) is 8.77. The number of benzene rings is 2. The van der Waals surface area contributed by atoms with Crippen LogP contribution in [-0.4, -0.2) is 26.2 Å². The first kappa shape index (κ1) is 19.1. The maximum absolute atomic E-state index is 12.0. The van der Waals surface area contributed by atoms with Crippen molar-refractivity contribution in [3.8, 4) is 5.75 Å². The average molecular weight is 361 g/mol. The molecule has 0 spiro atoms. The third kappa shape index (κ3) is 5.98. The number of hydrogen-bond acceptors (Lipinski definition) is 2. The molecule has 2 rings (SSSR count). The Labute approximate surface area is 154 Å². The van der Waals surface area contributed by atoms with Crippen molar-refractivity contribution in [3.63, 3.8) is 0 Å². The van der Waals surface area contributed by atoms with Crippen molar-refractivity contribution in [2.45, 2.75) is 25.7 Å². The molecule has 0 unspecified atom stereocenters. The summed E-state index contributed by atoms with van der Waals surface area (Å²) in [5.74, 6) is 0.826. The first-order valence-corrected chi connectivity index (χ1v) is 8.69. The van der Waals surface area contributed by atoms with E-state index in [0.29, 0.717) is 13.1 Å². The van der Waals surface area contributed by atoms with Crippen LogP contribution in [0.3, 0.4) is 0 Å². The molecular weight excluding hydrogens is 336 g/mol. The number of hydrogen-bond donors (Lipinski definition) is 2. The zero-order valence-electron chi connectivity index (χ0n) is 14.9. The van der Waals surface area contributed by atoms with E-state index in [-0.39, 0.29) is 11.4 Å². The third-order valence-corrected chi connectivity index (χ3v) is 4.43. The Hall–Kier alpha value is -2.20. The molecule has 0 saturated carbocycles. The van der Waals surface area contributed by atoms with Crippen molar-refractivity contribution in [2.75, 3.05) is 20.2 Å². The van der Waals surface area contributed by atoms with E-state index in [2.05, 4.69) is 24.5 Å². The standard InChI is InChI=1S/C20H25ClN2O2/c1-20(2,16-6-10-18(25-3)11-7-16)14-23-19(24)22-13-12-15-4-8-17(21)9-5-15/h4-11H,12-14H2,1-3H3,(H2,22,23,24). The summed E-state index contributed by atoms with van der Waals surface area (Å²) < 4.78 is 5.18. The number of rotatable bonds is 7. The van der Waals surface area contributed by atoms with E-state index in [0.717, 1.165) is 28.3 Å². The first-order valence-electron chi connectivity index (χ1n) is 8.31. The van der Waals surface area contributed by atoms with Gasteiger partial charge in [0, 0.05) is 23.5 Å². The molecule has 0 radical (unpaired) electrons. The van der Waals surface area contributed by atoms with Crippen LogP contribution < -0.4 is 15.4 Å². The number of halogens is 1. The van der Waals surface area contributed by atoms with E-state index >= 15 is 0 Å². The van der Waals surface area contributed by atoms with Gasteiger partial charge in [0.25, 0.3) is 0 Å². The van der Waals surface area contributed by atoms with Crippen LogP contribution in [0, 0.1) is 0 Å². The van der Waals surface area contributed by atoms with Crippen molar-refractivity contribution in [2.24, 2.45) is 0 Å². The molecule has 0 saturated heterocycles. The molecule has 0 atom stereocenters. The van der Waals surface area contributed by atoms with Crippen LogP contribution in [0.2, 0.25) is 5.02 Å². The van der Waals surface area contributed by atoms with E-state index in [1.165, 1.54) is 0 Å². The summed E-state index contributed by atoms with van der Waals surface area (Å²) in [4.78, 5) is 12.0. The number of methoxy groups -OCH3 is 1. The SMILES string of the molecule is COc1ccc(C(C)(C)CNC(=O)NCCc2ccc(Cl)cc2)cc1. The van der Waals surface area contributed by atoms with E-state index < -0.39 is 0 Å². The van der Waals surface area contributed by atoms with Gasteiger partial charge >= 0.3 is 6.03 Å². The Morgan fingerprint density at radius 2 is 1.68 bits per heavy atom. The number of carbonyl (C=O) groups excluding carboxylic acids is 1. The monoisotopic (exact) mass is 360 g/mol. The van der Waals surface area contributed by atoms with Gasteiger partial charge in [0.2, 0.25) is 0 Å². The number of carbonyl (C=O) groups is 1. The molecule has 0 aliphatic heterocycles. The summed E-state index contributed by atoms with van der Waals surface area (Å²) in [7, 11) is 1.65. The molecule has 0 aromatic heterocycles.